The Morgan fingerprint density at radius 2 is 2.27 bits per heavy atom. The van der Waals surface area contributed by atoms with Gasteiger partial charge >= 0.3 is 5.97 Å². The van der Waals surface area contributed by atoms with Gasteiger partial charge in [-0.3, -0.25) is 4.79 Å². The number of rotatable bonds is 3. The summed E-state index contributed by atoms with van der Waals surface area (Å²) in [6, 6.07) is 5.79. The Bertz CT molecular complexity index is 435. The molecule has 0 aromatic heterocycles. The Labute approximate surface area is 93.2 Å². The number of halogens is 1. The van der Waals surface area contributed by atoms with Crippen molar-refractivity contribution in [2.75, 3.05) is 0 Å². The molecule has 1 aromatic rings. The third-order valence-electron chi connectivity index (χ3n) is 2.55. The quantitative estimate of drug-likeness (QED) is 0.853. The molecule has 0 spiro atoms. The summed E-state index contributed by atoms with van der Waals surface area (Å²) < 4.78 is 0. The van der Waals surface area contributed by atoms with E-state index in [2.05, 4.69) is 0 Å². The maximum absolute atomic E-state index is 10.4. The molecular weight excluding hydrogens is 212 g/mol. The number of carbonyl (C=O) groups is 1. The van der Waals surface area contributed by atoms with Gasteiger partial charge in [0, 0.05) is 11.4 Å². The molecule has 0 heterocycles. The van der Waals surface area contributed by atoms with Crippen LogP contribution in [0.25, 0.3) is 6.08 Å². The van der Waals surface area contributed by atoms with E-state index in [1.807, 2.05) is 24.3 Å². The van der Waals surface area contributed by atoms with Crippen LogP contribution < -0.4 is 0 Å². The predicted octanol–water partition coefficient (Wildman–Crippen LogP) is 3.14. The molecule has 0 radical (unpaired) electrons. The fourth-order valence-electron chi connectivity index (χ4n) is 1.80. The van der Waals surface area contributed by atoms with E-state index in [4.69, 9.17) is 16.7 Å². The van der Waals surface area contributed by atoms with Crippen molar-refractivity contribution in [1.29, 1.82) is 0 Å². The fraction of sp³-hybridized carbons (Fsp3) is 0.250. The van der Waals surface area contributed by atoms with Gasteiger partial charge in [-0.15, -0.1) is 0 Å². The molecule has 0 atom stereocenters. The van der Waals surface area contributed by atoms with Crippen LogP contribution in [0.5, 0.6) is 0 Å². The normalized spacial score (nSPS) is 13.5. The number of hydrogen-bond donors (Lipinski definition) is 1. The summed E-state index contributed by atoms with van der Waals surface area (Å²) >= 11 is 5.88. The van der Waals surface area contributed by atoms with Crippen LogP contribution in [0.3, 0.4) is 0 Å². The number of fused-ring (bicyclic) bond motifs is 1. The molecular formula is C12H11ClO2. The summed E-state index contributed by atoms with van der Waals surface area (Å²) in [5.41, 5.74) is 3.54. The summed E-state index contributed by atoms with van der Waals surface area (Å²) in [5, 5.41) is 9.31. The van der Waals surface area contributed by atoms with Crippen molar-refractivity contribution in [1.82, 2.24) is 0 Å². The molecule has 1 aromatic carbocycles. The lowest BCUT2D eigenvalue weighted by atomic mass is 10.1. The smallest absolute Gasteiger partial charge is 0.303 e. The van der Waals surface area contributed by atoms with Crippen molar-refractivity contribution in [3.05, 3.63) is 39.9 Å². The summed E-state index contributed by atoms with van der Waals surface area (Å²) in [6.45, 7) is 0. The second-order valence-corrected chi connectivity index (χ2v) is 4.15. The summed E-state index contributed by atoms with van der Waals surface area (Å²) in [7, 11) is 0. The molecule has 0 amide bonds. The van der Waals surface area contributed by atoms with Gasteiger partial charge in [-0.1, -0.05) is 29.3 Å². The van der Waals surface area contributed by atoms with Gasteiger partial charge in [-0.25, -0.2) is 0 Å². The van der Waals surface area contributed by atoms with E-state index in [0.29, 0.717) is 6.42 Å². The fourth-order valence-corrected chi connectivity index (χ4v) is 1.99. The molecule has 2 nitrogen and oxygen atoms in total. The minimum atomic E-state index is -0.745. The van der Waals surface area contributed by atoms with Gasteiger partial charge in [0.05, 0.1) is 0 Å². The van der Waals surface area contributed by atoms with Gasteiger partial charge in [0.15, 0.2) is 0 Å². The average Bonchev–Trinajstić information content (AvgIpc) is 2.56. The standard InChI is InChI=1S/C12H11ClO2/c13-11-3-2-9-5-8(1-4-12(14)15)6-10(9)7-11/h2-3,6-7H,1,4-5H2,(H,14,15). The van der Waals surface area contributed by atoms with Crippen molar-refractivity contribution in [3.63, 3.8) is 0 Å². The van der Waals surface area contributed by atoms with E-state index >= 15 is 0 Å². The molecule has 1 N–H and O–H groups in total. The number of benzene rings is 1. The van der Waals surface area contributed by atoms with E-state index in [1.165, 1.54) is 11.1 Å². The average molecular weight is 223 g/mol. The Hall–Kier alpha value is -1.28. The van der Waals surface area contributed by atoms with E-state index in [0.717, 1.165) is 17.0 Å². The van der Waals surface area contributed by atoms with Crippen molar-refractivity contribution in [2.24, 2.45) is 0 Å². The van der Waals surface area contributed by atoms with E-state index in [-0.39, 0.29) is 6.42 Å². The Morgan fingerprint density at radius 3 is 3.00 bits per heavy atom. The number of carboxylic acid groups (broad SMARTS) is 1. The maximum atomic E-state index is 10.4. The van der Waals surface area contributed by atoms with Gasteiger partial charge in [0.2, 0.25) is 0 Å². The highest BCUT2D eigenvalue weighted by molar-refractivity contribution is 6.30. The zero-order chi connectivity index (χ0) is 10.8. The van der Waals surface area contributed by atoms with E-state index < -0.39 is 5.97 Å². The second-order valence-electron chi connectivity index (χ2n) is 3.72. The number of aliphatic carboxylic acids is 1. The van der Waals surface area contributed by atoms with E-state index in [1.54, 1.807) is 0 Å². The molecule has 78 valence electrons. The van der Waals surface area contributed by atoms with Crippen LogP contribution in [-0.4, -0.2) is 11.1 Å². The van der Waals surface area contributed by atoms with Gasteiger partial charge in [0.1, 0.15) is 0 Å². The largest absolute Gasteiger partial charge is 0.481 e. The minimum absolute atomic E-state index is 0.202. The number of carboxylic acids is 1. The molecule has 15 heavy (non-hydrogen) atoms. The van der Waals surface area contributed by atoms with Crippen LogP contribution in [0.15, 0.2) is 23.8 Å². The highest BCUT2D eigenvalue weighted by atomic mass is 35.5. The van der Waals surface area contributed by atoms with Gasteiger partial charge < -0.3 is 5.11 Å². The van der Waals surface area contributed by atoms with Crippen molar-refractivity contribution in [3.8, 4) is 0 Å². The highest BCUT2D eigenvalue weighted by Crippen LogP contribution is 2.29. The SMILES string of the molecule is O=C(O)CCC1=Cc2cc(Cl)ccc2C1. The molecule has 0 unspecified atom stereocenters. The first-order valence-corrected chi connectivity index (χ1v) is 5.22. The van der Waals surface area contributed by atoms with Crippen LogP contribution in [0, 0.1) is 0 Å². The monoisotopic (exact) mass is 222 g/mol. The predicted molar refractivity (Wildman–Crippen MR) is 60.0 cm³/mol. The lowest BCUT2D eigenvalue weighted by molar-refractivity contribution is -0.136. The first-order valence-electron chi connectivity index (χ1n) is 4.85. The maximum Gasteiger partial charge on any atom is 0.303 e. The van der Waals surface area contributed by atoms with Crippen LogP contribution in [0.1, 0.15) is 24.0 Å². The lowest BCUT2D eigenvalue weighted by Crippen LogP contribution is -1.95. The summed E-state index contributed by atoms with van der Waals surface area (Å²) in [6.07, 6.45) is 3.74. The molecule has 0 saturated carbocycles. The van der Waals surface area contributed by atoms with Gasteiger partial charge in [-0.05, 0) is 36.1 Å². The van der Waals surface area contributed by atoms with Gasteiger partial charge in [-0.2, -0.15) is 0 Å². The molecule has 1 aliphatic rings. The van der Waals surface area contributed by atoms with Crippen molar-refractivity contribution < 1.29 is 9.90 Å². The second kappa shape index (κ2) is 4.07. The summed E-state index contributed by atoms with van der Waals surface area (Å²) in [5.74, 6) is -0.745. The van der Waals surface area contributed by atoms with Crippen LogP contribution in [0.4, 0.5) is 0 Å². The van der Waals surface area contributed by atoms with Crippen LogP contribution >= 0.6 is 11.6 Å². The highest BCUT2D eigenvalue weighted by Gasteiger charge is 2.13. The van der Waals surface area contributed by atoms with Gasteiger partial charge in [0.25, 0.3) is 0 Å². The molecule has 2 rings (SSSR count). The topological polar surface area (TPSA) is 37.3 Å². The Kier molecular flexibility index (Phi) is 2.78. The summed E-state index contributed by atoms with van der Waals surface area (Å²) in [4.78, 5) is 10.4. The minimum Gasteiger partial charge on any atom is -0.481 e. The molecule has 0 saturated heterocycles. The first-order chi connectivity index (χ1) is 7.15. The Morgan fingerprint density at radius 1 is 1.47 bits per heavy atom. The van der Waals surface area contributed by atoms with Crippen LogP contribution in [-0.2, 0) is 11.2 Å². The molecule has 0 bridgehead atoms. The number of hydrogen-bond acceptors (Lipinski definition) is 1. The molecule has 0 aliphatic heterocycles. The Balaban J connectivity index is 2.10. The molecule has 3 heteroatoms. The third-order valence-corrected chi connectivity index (χ3v) is 2.78. The van der Waals surface area contributed by atoms with E-state index in [9.17, 15) is 4.79 Å². The zero-order valence-electron chi connectivity index (χ0n) is 8.16. The third kappa shape index (κ3) is 2.39. The number of allylic oxidation sites excluding steroid dienone is 1. The first kappa shape index (κ1) is 10.2. The lowest BCUT2D eigenvalue weighted by Gasteiger charge is -1.99. The molecule has 0 fully saturated rings. The van der Waals surface area contributed by atoms with Crippen LogP contribution in [0.2, 0.25) is 5.02 Å². The van der Waals surface area contributed by atoms with Crippen molar-refractivity contribution in [2.45, 2.75) is 19.3 Å². The zero-order valence-corrected chi connectivity index (χ0v) is 8.92. The van der Waals surface area contributed by atoms with Crippen molar-refractivity contribution >= 4 is 23.6 Å². The molecule has 1 aliphatic carbocycles.